The molecule has 1 saturated heterocycles. The van der Waals surface area contributed by atoms with E-state index in [0.717, 1.165) is 6.08 Å². The van der Waals surface area contributed by atoms with Gasteiger partial charge >= 0.3 is 5.97 Å². The minimum absolute atomic E-state index is 0.0406. The summed E-state index contributed by atoms with van der Waals surface area (Å²) < 4.78 is 50.3. The molecule has 0 aromatic carbocycles. The third-order valence-corrected chi connectivity index (χ3v) is 9.44. The Morgan fingerprint density at radius 1 is 1.20 bits per heavy atom. The molecule has 1 heterocycles. The fraction of sp³-hybridized carbons (Fsp3) is 0.731. The van der Waals surface area contributed by atoms with E-state index in [4.69, 9.17) is 14.2 Å². The van der Waals surface area contributed by atoms with Crippen molar-refractivity contribution in [3.8, 4) is 0 Å². The summed E-state index contributed by atoms with van der Waals surface area (Å²) in [6.45, 7) is 7.28. The van der Waals surface area contributed by atoms with E-state index in [0.29, 0.717) is 0 Å². The van der Waals surface area contributed by atoms with Crippen molar-refractivity contribution in [2.75, 3.05) is 6.61 Å². The van der Waals surface area contributed by atoms with Gasteiger partial charge in [-0.3, -0.25) is 14.4 Å². The van der Waals surface area contributed by atoms with Gasteiger partial charge in [0.25, 0.3) is 0 Å². The topological polar surface area (TPSA) is 99.1 Å². The Bertz CT molecular complexity index is 1070. The van der Waals surface area contributed by atoms with Crippen LogP contribution in [0.25, 0.3) is 0 Å². The quantitative estimate of drug-likeness (QED) is 0.603. The van der Waals surface area contributed by atoms with E-state index < -0.39 is 82.2 Å². The number of aliphatic hydroxyl groups excluding tert-OH is 1. The third kappa shape index (κ3) is 2.95. The van der Waals surface area contributed by atoms with Crippen molar-refractivity contribution in [3.63, 3.8) is 0 Å². The molecule has 4 aliphatic carbocycles. The van der Waals surface area contributed by atoms with Gasteiger partial charge in [-0.1, -0.05) is 13.0 Å². The number of carbonyl (C=O) groups is 3. The van der Waals surface area contributed by atoms with Crippen LogP contribution in [0.15, 0.2) is 23.8 Å². The van der Waals surface area contributed by atoms with Gasteiger partial charge in [-0.2, -0.15) is 0 Å². The molecule has 5 rings (SSSR count). The first-order chi connectivity index (χ1) is 16.1. The number of Topliss-reactive ketones (excluding diaryl/α,β-unsaturated/α-hetero) is 1. The number of esters is 1. The number of allylic oxidation sites excluding steroid dienone is 4. The number of ether oxygens (including phenoxy) is 3. The first kappa shape index (κ1) is 24.7. The predicted octanol–water partition coefficient (Wildman–Crippen LogP) is 2.94. The minimum Gasteiger partial charge on any atom is -0.458 e. The van der Waals surface area contributed by atoms with E-state index in [1.165, 1.54) is 26.0 Å². The van der Waals surface area contributed by atoms with Crippen molar-refractivity contribution in [2.24, 2.45) is 22.7 Å². The van der Waals surface area contributed by atoms with Crippen LogP contribution >= 0.6 is 0 Å². The molecule has 0 radical (unpaired) electrons. The lowest BCUT2D eigenvalue weighted by molar-refractivity contribution is -0.249. The Balaban J connectivity index is 1.62. The molecule has 5 unspecified atom stereocenters. The SMILES string of the molecule is CC(=O)OCC(=O)[C@@]12OC(C)(C)OC1CC1C3CC(F)C4=CC(=O)C=C[C@@]4(C)[C@@]3(F)C(O)C[C@]12C. The maximum Gasteiger partial charge on any atom is 0.303 e. The summed E-state index contributed by atoms with van der Waals surface area (Å²) in [5, 5.41) is 11.5. The van der Waals surface area contributed by atoms with Crippen LogP contribution in [0.4, 0.5) is 8.78 Å². The van der Waals surface area contributed by atoms with Crippen molar-refractivity contribution >= 4 is 17.5 Å². The van der Waals surface area contributed by atoms with Gasteiger partial charge in [-0.05, 0) is 63.7 Å². The van der Waals surface area contributed by atoms with E-state index in [1.807, 2.05) is 0 Å². The molecule has 35 heavy (non-hydrogen) atoms. The lowest BCUT2D eigenvalue weighted by Gasteiger charge is -2.63. The van der Waals surface area contributed by atoms with Crippen LogP contribution in [0.5, 0.6) is 0 Å². The third-order valence-electron chi connectivity index (χ3n) is 9.44. The zero-order chi connectivity index (χ0) is 25.8. The van der Waals surface area contributed by atoms with Crippen molar-refractivity contribution in [1.82, 2.24) is 0 Å². The van der Waals surface area contributed by atoms with Crippen LogP contribution < -0.4 is 0 Å². The molecule has 0 bridgehead atoms. The summed E-state index contributed by atoms with van der Waals surface area (Å²) in [6.07, 6.45) is -0.345. The second-order valence-electron chi connectivity index (χ2n) is 11.6. The maximum atomic E-state index is 17.3. The molecular weight excluding hydrogens is 462 g/mol. The van der Waals surface area contributed by atoms with Gasteiger partial charge in [0.15, 0.2) is 29.4 Å². The van der Waals surface area contributed by atoms with E-state index >= 15 is 8.78 Å². The van der Waals surface area contributed by atoms with E-state index in [-0.39, 0.29) is 24.8 Å². The normalized spacial score (nSPS) is 49.4. The van der Waals surface area contributed by atoms with Crippen LogP contribution in [-0.4, -0.2) is 64.7 Å². The summed E-state index contributed by atoms with van der Waals surface area (Å²) in [4.78, 5) is 37.1. The van der Waals surface area contributed by atoms with Crippen molar-refractivity contribution in [2.45, 2.75) is 89.3 Å². The number of hydrogen-bond donors (Lipinski definition) is 1. The molecule has 0 aromatic rings. The highest BCUT2D eigenvalue weighted by Gasteiger charge is 2.80. The predicted molar refractivity (Wildman–Crippen MR) is 118 cm³/mol. The van der Waals surface area contributed by atoms with Gasteiger partial charge < -0.3 is 19.3 Å². The molecule has 4 fully saturated rings. The first-order valence-electron chi connectivity index (χ1n) is 12.1. The van der Waals surface area contributed by atoms with Crippen LogP contribution in [0.1, 0.15) is 53.9 Å². The number of aliphatic hydroxyl groups is 1. The number of ketones is 2. The fourth-order valence-corrected chi connectivity index (χ4v) is 8.08. The first-order valence-corrected chi connectivity index (χ1v) is 12.1. The summed E-state index contributed by atoms with van der Waals surface area (Å²) in [5.41, 5.74) is -6.46. The average Bonchev–Trinajstić information content (AvgIpc) is 3.16. The van der Waals surface area contributed by atoms with Gasteiger partial charge in [0, 0.05) is 23.7 Å². The monoisotopic (exact) mass is 494 g/mol. The van der Waals surface area contributed by atoms with Gasteiger partial charge in [0.1, 0.15) is 6.17 Å². The van der Waals surface area contributed by atoms with Crippen LogP contribution in [-0.2, 0) is 28.6 Å². The van der Waals surface area contributed by atoms with E-state index in [9.17, 15) is 19.5 Å². The molecule has 1 N–H and O–H groups in total. The molecule has 0 amide bonds. The molecule has 5 aliphatic rings. The number of hydrogen-bond acceptors (Lipinski definition) is 7. The lowest BCUT2D eigenvalue weighted by atomic mass is 9.44. The fourth-order valence-electron chi connectivity index (χ4n) is 8.08. The highest BCUT2D eigenvalue weighted by atomic mass is 19.1. The molecule has 7 nitrogen and oxygen atoms in total. The second-order valence-corrected chi connectivity index (χ2v) is 11.6. The number of alkyl halides is 2. The standard InChI is InChI=1S/C26H32F2O7/c1-13(29)33-12-20(32)26-21(34-22(2,3)35-26)10-15-16-9-18(27)17-8-14(30)6-7-23(17,4)25(16,28)19(31)11-24(15,26)5/h6-8,15-16,18-19,21,31H,9-12H2,1-5H3/t15?,16?,18?,19?,21?,23-,24-,25+,26-/m1/s1. The largest absolute Gasteiger partial charge is 0.458 e. The molecular formula is C26H32F2O7. The van der Waals surface area contributed by atoms with Gasteiger partial charge in [-0.15, -0.1) is 0 Å². The zero-order valence-corrected chi connectivity index (χ0v) is 20.6. The molecule has 9 heteroatoms. The molecule has 1 aliphatic heterocycles. The van der Waals surface area contributed by atoms with Crippen molar-refractivity contribution in [1.29, 1.82) is 0 Å². The highest BCUT2D eigenvalue weighted by Crippen LogP contribution is 2.72. The van der Waals surface area contributed by atoms with Crippen molar-refractivity contribution in [3.05, 3.63) is 23.8 Å². The number of fused-ring (bicyclic) bond motifs is 7. The Morgan fingerprint density at radius 2 is 1.89 bits per heavy atom. The minimum atomic E-state index is -2.27. The second kappa shape index (κ2) is 7.29. The lowest BCUT2D eigenvalue weighted by Crippen LogP contribution is -2.71. The van der Waals surface area contributed by atoms with Crippen LogP contribution in [0.3, 0.4) is 0 Å². The number of halogens is 2. The van der Waals surface area contributed by atoms with Gasteiger partial charge in [-0.25, -0.2) is 8.78 Å². The Kier molecular flexibility index (Phi) is 5.15. The van der Waals surface area contributed by atoms with Crippen LogP contribution in [0.2, 0.25) is 0 Å². The molecule has 0 aromatic heterocycles. The molecule has 3 saturated carbocycles. The van der Waals surface area contributed by atoms with Gasteiger partial charge in [0.2, 0.25) is 5.78 Å². The number of carbonyl (C=O) groups excluding carboxylic acids is 3. The zero-order valence-electron chi connectivity index (χ0n) is 20.6. The Morgan fingerprint density at radius 3 is 2.54 bits per heavy atom. The Hall–Kier alpha value is -1.97. The summed E-state index contributed by atoms with van der Waals surface area (Å²) >= 11 is 0. The van der Waals surface area contributed by atoms with Crippen LogP contribution in [0, 0.1) is 22.7 Å². The molecule has 0 spiro atoms. The van der Waals surface area contributed by atoms with E-state index in [2.05, 4.69) is 0 Å². The summed E-state index contributed by atoms with van der Waals surface area (Å²) in [6, 6.07) is 0. The number of rotatable bonds is 3. The molecule has 9 atom stereocenters. The average molecular weight is 495 g/mol. The van der Waals surface area contributed by atoms with Gasteiger partial charge in [0.05, 0.1) is 12.2 Å². The molecule has 192 valence electrons. The smallest absolute Gasteiger partial charge is 0.303 e. The maximum absolute atomic E-state index is 17.3. The Labute approximate surface area is 202 Å². The van der Waals surface area contributed by atoms with E-state index in [1.54, 1.807) is 20.8 Å². The van der Waals surface area contributed by atoms with Crippen molar-refractivity contribution < 1.29 is 42.5 Å². The highest BCUT2D eigenvalue weighted by molar-refractivity contribution is 6.01. The summed E-state index contributed by atoms with van der Waals surface area (Å²) in [5.74, 6) is -4.23. The summed E-state index contributed by atoms with van der Waals surface area (Å²) in [7, 11) is 0.